The third-order valence-corrected chi connectivity index (χ3v) is 10.7. The van der Waals surface area contributed by atoms with Gasteiger partial charge < -0.3 is 22.9 Å². The van der Waals surface area contributed by atoms with E-state index in [1.54, 1.807) is 0 Å². The summed E-state index contributed by atoms with van der Waals surface area (Å²) in [6, 6.07) is 13.3. The molecule has 0 bridgehead atoms. The summed E-state index contributed by atoms with van der Waals surface area (Å²) in [6.07, 6.45) is 8.98. The number of anilines is 4. The molecule has 0 aliphatic rings. The summed E-state index contributed by atoms with van der Waals surface area (Å²) in [4.78, 5) is 0. The number of nitrogens with two attached hydrogens (primary N) is 4. The zero-order valence-corrected chi connectivity index (χ0v) is 32.1. The molecule has 0 radical (unpaired) electrons. The van der Waals surface area contributed by atoms with E-state index in [-0.39, 0.29) is 0 Å². The van der Waals surface area contributed by atoms with Crippen LogP contribution in [0.25, 0.3) is 0 Å². The predicted octanol–water partition coefficient (Wildman–Crippen LogP) is 10.7. The Morgan fingerprint density at radius 1 is 0.354 bits per heavy atom. The first-order valence-electron chi connectivity index (χ1n) is 17.9. The van der Waals surface area contributed by atoms with Crippen LogP contribution in [-0.2, 0) is 64.2 Å². The van der Waals surface area contributed by atoms with E-state index in [4.69, 9.17) is 46.1 Å². The molecule has 0 saturated carbocycles. The van der Waals surface area contributed by atoms with Crippen molar-refractivity contribution in [2.75, 3.05) is 22.9 Å². The first kappa shape index (κ1) is 39.1. The van der Waals surface area contributed by atoms with Gasteiger partial charge in [-0.2, -0.15) is 0 Å². The number of halogens is 2. The van der Waals surface area contributed by atoms with E-state index in [1.165, 1.54) is 33.4 Å². The molecule has 0 amide bonds. The molecule has 0 aromatic heterocycles. The molecule has 260 valence electrons. The fourth-order valence-corrected chi connectivity index (χ4v) is 7.48. The molecule has 4 aromatic carbocycles. The van der Waals surface area contributed by atoms with Crippen molar-refractivity contribution in [3.05, 3.63) is 113 Å². The Labute approximate surface area is 300 Å². The van der Waals surface area contributed by atoms with Crippen LogP contribution in [0.4, 0.5) is 22.7 Å². The number of aryl methyl sites for hydroxylation is 6. The minimum absolute atomic E-state index is 0.693. The lowest BCUT2D eigenvalue weighted by Gasteiger charge is -2.18. The van der Waals surface area contributed by atoms with Crippen LogP contribution >= 0.6 is 23.2 Å². The second-order valence-electron chi connectivity index (χ2n) is 12.6. The van der Waals surface area contributed by atoms with Gasteiger partial charge in [0.15, 0.2) is 0 Å². The second kappa shape index (κ2) is 17.9. The quantitative estimate of drug-likeness (QED) is 0.111. The third-order valence-electron chi connectivity index (χ3n) is 9.74. The first-order valence-corrected chi connectivity index (χ1v) is 18.7. The van der Waals surface area contributed by atoms with Gasteiger partial charge >= 0.3 is 0 Å². The van der Waals surface area contributed by atoms with Crippen molar-refractivity contribution in [3.8, 4) is 0 Å². The lowest BCUT2D eigenvalue weighted by atomic mass is 9.92. The maximum atomic E-state index is 6.68. The van der Waals surface area contributed by atoms with Crippen LogP contribution in [0.3, 0.4) is 0 Å². The molecule has 4 rings (SSSR count). The maximum Gasteiger partial charge on any atom is 0.0493 e. The van der Waals surface area contributed by atoms with Crippen LogP contribution in [0.5, 0.6) is 0 Å². The molecule has 0 aliphatic carbocycles. The van der Waals surface area contributed by atoms with E-state index < -0.39 is 0 Å². The molecule has 0 aliphatic heterocycles. The van der Waals surface area contributed by atoms with E-state index in [9.17, 15) is 0 Å². The fourth-order valence-electron chi connectivity index (χ4n) is 6.77. The summed E-state index contributed by atoms with van der Waals surface area (Å²) in [6.45, 7) is 17.1. The summed E-state index contributed by atoms with van der Waals surface area (Å²) in [5, 5.41) is 1.53. The monoisotopic (exact) mass is 688 g/mol. The highest BCUT2D eigenvalue weighted by molar-refractivity contribution is 6.33. The Balaban J connectivity index is 0.000000261. The van der Waals surface area contributed by atoms with E-state index in [1.807, 2.05) is 0 Å². The van der Waals surface area contributed by atoms with Crippen molar-refractivity contribution in [1.29, 1.82) is 0 Å². The fraction of sp³-hybridized carbons (Fsp3) is 0.429. The van der Waals surface area contributed by atoms with Gasteiger partial charge in [0.05, 0.1) is 0 Å². The lowest BCUT2D eigenvalue weighted by molar-refractivity contribution is 1.04. The second-order valence-corrected chi connectivity index (χ2v) is 13.4. The van der Waals surface area contributed by atoms with Gasteiger partial charge in [-0.15, -0.1) is 0 Å². The normalized spacial score (nSPS) is 11.0. The predicted molar refractivity (Wildman–Crippen MR) is 214 cm³/mol. The van der Waals surface area contributed by atoms with Crippen molar-refractivity contribution in [1.82, 2.24) is 0 Å². The van der Waals surface area contributed by atoms with Crippen molar-refractivity contribution in [2.45, 2.75) is 120 Å². The molecule has 6 heteroatoms. The van der Waals surface area contributed by atoms with Crippen molar-refractivity contribution < 1.29 is 0 Å². The molecule has 0 saturated heterocycles. The lowest BCUT2D eigenvalue weighted by Crippen LogP contribution is -2.06. The summed E-state index contributed by atoms with van der Waals surface area (Å²) >= 11 is 13.4. The largest absolute Gasteiger partial charge is 0.398 e. The Bertz CT molecular complexity index is 1550. The molecule has 4 nitrogen and oxygen atoms in total. The van der Waals surface area contributed by atoms with Crippen LogP contribution < -0.4 is 22.9 Å². The molecule has 4 aromatic rings. The molecule has 0 spiro atoms. The van der Waals surface area contributed by atoms with E-state index in [2.05, 4.69) is 91.8 Å². The molecule has 0 heterocycles. The number of hydrogen-bond acceptors (Lipinski definition) is 4. The molecule has 48 heavy (non-hydrogen) atoms. The van der Waals surface area contributed by atoms with Crippen LogP contribution in [0.15, 0.2) is 36.4 Å². The SMILES string of the molecule is CCc1cc(Cc2cc(CC)c(N)c(CC)c2)cc(CC)c1N.CCc1cc(Cc2cc(CC)c(N)c(CC)c2Cl)c(Cl)c(CC)c1N. The van der Waals surface area contributed by atoms with Crippen molar-refractivity contribution in [2.24, 2.45) is 0 Å². The summed E-state index contributed by atoms with van der Waals surface area (Å²) < 4.78 is 0. The van der Waals surface area contributed by atoms with Crippen molar-refractivity contribution >= 4 is 46.0 Å². The van der Waals surface area contributed by atoms with Gasteiger partial charge in [-0.25, -0.2) is 0 Å². The summed E-state index contributed by atoms with van der Waals surface area (Å²) in [5.74, 6) is 0. The van der Waals surface area contributed by atoms with Crippen LogP contribution in [-0.4, -0.2) is 0 Å². The van der Waals surface area contributed by atoms with Gasteiger partial charge in [0, 0.05) is 39.2 Å². The molecule has 0 fully saturated rings. The molecular formula is C42H58Cl2N4. The standard InChI is InChI=1S/C21H28Cl2N2.C21H30N2/c1-5-12-9-14(18(22)16(7-3)20(12)24)11-15-10-13(6-2)21(25)17(8-4)19(15)23;1-5-16-10-14(11-17(6-2)20(16)22)9-15-12-18(7-3)21(23)19(8-4)13-15/h9-10H,5-8,11,24-25H2,1-4H3;10-13H,5-9,22-23H2,1-4H3. The Hall–Kier alpha value is -3.34. The van der Waals surface area contributed by atoms with Crippen LogP contribution in [0.2, 0.25) is 10.0 Å². The molecule has 0 unspecified atom stereocenters. The summed E-state index contributed by atoms with van der Waals surface area (Å²) in [7, 11) is 0. The van der Waals surface area contributed by atoms with Gasteiger partial charge in [-0.1, -0.05) is 115 Å². The topological polar surface area (TPSA) is 104 Å². The molecular weight excluding hydrogens is 631 g/mol. The highest BCUT2D eigenvalue weighted by Gasteiger charge is 2.18. The van der Waals surface area contributed by atoms with E-state index in [0.29, 0.717) is 6.42 Å². The van der Waals surface area contributed by atoms with Gasteiger partial charge in [0.2, 0.25) is 0 Å². The average Bonchev–Trinajstić information content (AvgIpc) is 3.09. The minimum atomic E-state index is 0.693. The number of hydrogen-bond donors (Lipinski definition) is 4. The van der Waals surface area contributed by atoms with Crippen molar-refractivity contribution in [3.63, 3.8) is 0 Å². The van der Waals surface area contributed by atoms with Gasteiger partial charge in [-0.05, 0) is 125 Å². The maximum absolute atomic E-state index is 6.68. The number of nitrogen functional groups attached to an aromatic ring is 4. The Kier molecular flexibility index (Phi) is 14.6. The molecule has 8 N–H and O–H groups in total. The third kappa shape index (κ3) is 8.62. The number of benzene rings is 4. The molecule has 0 atom stereocenters. The Morgan fingerprint density at radius 3 is 0.875 bits per heavy atom. The number of rotatable bonds is 12. The van der Waals surface area contributed by atoms with E-state index >= 15 is 0 Å². The van der Waals surface area contributed by atoms with E-state index in [0.717, 1.165) is 124 Å². The van der Waals surface area contributed by atoms with Crippen LogP contribution in [0.1, 0.15) is 122 Å². The zero-order valence-electron chi connectivity index (χ0n) is 30.6. The Morgan fingerprint density at radius 2 is 0.625 bits per heavy atom. The minimum Gasteiger partial charge on any atom is -0.398 e. The van der Waals surface area contributed by atoms with Gasteiger partial charge in [0.1, 0.15) is 0 Å². The first-order chi connectivity index (χ1) is 22.9. The smallest absolute Gasteiger partial charge is 0.0493 e. The van der Waals surface area contributed by atoms with Gasteiger partial charge in [-0.3, -0.25) is 0 Å². The summed E-state index contributed by atoms with van der Waals surface area (Å²) in [5.41, 5.74) is 43.0. The average molecular weight is 690 g/mol. The van der Waals surface area contributed by atoms with Crippen LogP contribution in [0, 0.1) is 0 Å². The highest BCUT2D eigenvalue weighted by atomic mass is 35.5. The highest BCUT2D eigenvalue weighted by Crippen LogP contribution is 2.36. The zero-order chi connectivity index (χ0) is 35.7. The van der Waals surface area contributed by atoms with Gasteiger partial charge in [0.25, 0.3) is 0 Å².